The molecule has 0 aliphatic carbocycles. The highest BCUT2D eigenvalue weighted by Crippen LogP contribution is 2.63. The number of rotatable bonds is 4. The van der Waals surface area contributed by atoms with E-state index in [0.29, 0.717) is 0 Å². The Morgan fingerprint density at radius 3 is 1.80 bits per heavy atom. The Labute approximate surface area is 65.2 Å². The SMILES string of the molecule is CCC[C@@H]1[C@H](CCC)P1N. The fourth-order valence-electron chi connectivity index (χ4n) is 1.63. The van der Waals surface area contributed by atoms with Crippen LogP contribution >= 0.6 is 8.07 Å². The molecule has 1 rings (SSSR count). The van der Waals surface area contributed by atoms with E-state index >= 15 is 0 Å². The van der Waals surface area contributed by atoms with Crippen molar-refractivity contribution in [1.29, 1.82) is 0 Å². The summed E-state index contributed by atoms with van der Waals surface area (Å²) >= 11 is 0. The maximum absolute atomic E-state index is 5.95. The molecule has 1 heterocycles. The molecule has 0 radical (unpaired) electrons. The first-order valence-corrected chi connectivity index (χ1v) is 5.89. The molecule has 1 nitrogen and oxygen atoms in total. The average molecular weight is 159 g/mol. The number of nitrogens with two attached hydrogens (primary N) is 1. The first-order valence-electron chi connectivity index (χ1n) is 4.34. The normalized spacial score (nSPS) is 38.1. The summed E-state index contributed by atoms with van der Waals surface area (Å²) in [5.41, 5.74) is 7.84. The molecular weight excluding hydrogens is 141 g/mol. The fraction of sp³-hybridized carbons (Fsp3) is 1.00. The minimum atomic E-state index is -0.00900. The third kappa shape index (κ3) is 1.71. The maximum Gasteiger partial charge on any atom is 0.000179 e. The Balaban J connectivity index is 2.14. The Morgan fingerprint density at radius 1 is 1.10 bits per heavy atom. The van der Waals surface area contributed by atoms with Gasteiger partial charge in [-0.15, -0.1) is 0 Å². The van der Waals surface area contributed by atoms with Crippen molar-refractivity contribution in [3.8, 4) is 0 Å². The molecule has 10 heavy (non-hydrogen) atoms. The zero-order valence-electron chi connectivity index (χ0n) is 7.01. The van der Waals surface area contributed by atoms with E-state index in [1.165, 1.54) is 25.7 Å². The van der Waals surface area contributed by atoms with Crippen LogP contribution in [0.1, 0.15) is 39.5 Å². The van der Waals surface area contributed by atoms with E-state index in [9.17, 15) is 0 Å². The van der Waals surface area contributed by atoms with Crippen LogP contribution in [0.2, 0.25) is 0 Å². The average Bonchev–Trinajstić information content (AvgIpc) is 2.48. The zero-order chi connectivity index (χ0) is 7.56. The lowest BCUT2D eigenvalue weighted by molar-refractivity contribution is 0.712. The van der Waals surface area contributed by atoms with Gasteiger partial charge in [-0.2, -0.15) is 0 Å². The van der Waals surface area contributed by atoms with Crippen LogP contribution in [0, 0.1) is 0 Å². The molecule has 2 heteroatoms. The van der Waals surface area contributed by atoms with Crippen molar-refractivity contribution in [3.63, 3.8) is 0 Å². The van der Waals surface area contributed by atoms with Gasteiger partial charge in [0.25, 0.3) is 0 Å². The van der Waals surface area contributed by atoms with Crippen molar-refractivity contribution in [3.05, 3.63) is 0 Å². The van der Waals surface area contributed by atoms with Crippen LogP contribution in [-0.4, -0.2) is 11.3 Å². The molecule has 1 saturated heterocycles. The topological polar surface area (TPSA) is 26.0 Å². The lowest BCUT2D eigenvalue weighted by atomic mass is 10.1. The van der Waals surface area contributed by atoms with Gasteiger partial charge in [0.1, 0.15) is 0 Å². The van der Waals surface area contributed by atoms with Crippen LogP contribution in [0.5, 0.6) is 0 Å². The highest BCUT2D eigenvalue weighted by Gasteiger charge is 2.45. The van der Waals surface area contributed by atoms with E-state index in [4.69, 9.17) is 5.50 Å². The lowest BCUT2D eigenvalue weighted by Crippen LogP contribution is -1.91. The van der Waals surface area contributed by atoms with E-state index < -0.39 is 0 Å². The van der Waals surface area contributed by atoms with E-state index in [1.807, 2.05) is 0 Å². The second-order valence-corrected chi connectivity index (χ2v) is 5.38. The molecule has 1 unspecified atom stereocenters. The molecule has 1 aliphatic rings. The van der Waals surface area contributed by atoms with E-state index in [1.54, 1.807) is 0 Å². The van der Waals surface area contributed by atoms with Gasteiger partial charge >= 0.3 is 0 Å². The van der Waals surface area contributed by atoms with Crippen molar-refractivity contribution in [2.45, 2.75) is 50.8 Å². The van der Waals surface area contributed by atoms with Gasteiger partial charge < -0.3 is 5.50 Å². The first kappa shape index (κ1) is 8.49. The van der Waals surface area contributed by atoms with Gasteiger partial charge in [0.05, 0.1) is 0 Å². The molecule has 2 N–H and O–H groups in total. The quantitative estimate of drug-likeness (QED) is 0.627. The van der Waals surface area contributed by atoms with E-state index in [2.05, 4.69) is 13.8 Å². The van der Waals surface area contributed by atoms with E-state index in [-0.39, 0.29) is 8.07 Å². The van der Waals surface area contributed by atoms with Crippen LogP contribution in [0.4, 0.5) is 0 Å². The zero-order valence-corrected chi connectivity index (χ0v) is 7.90. The van der Waals surface area contributed by atoms with Gasteiger partial charge in [0.15, 0.2) is 0 Å². The highest BCUT2D eigenvalue weighted by molar-refractivity contribution is 7.65. The monoisotopic (exact) mass is 159 g/mol. The Bertz CT molecular complexity index is 93.4. The van der Waals surface area contributed by atoms with Crippen LogP contribution < -0.4 is 5.50 Å². The molecule has 3 atom stereocenters. The molecular formula is C8H18NP. The smallest absolute Gasteiger partial charge is 0.000179 e. The molecule has 1 fully saturated rings. The molecule has 0 bridgehead atoms. The molecule has 0 spiro atoms. The minimum absolute atomic E-state index is 0.00900. The second kappa shape index (κ2) is 3.69. The van der Waals surface area contributed by atoms with Crippen LogP contribution in [-0.2, 0) is 0 Å². The van der Waals surface area contributed by atoms with Crippen molar-refractivity contribution in [2.24, 2.45) is 5.50 Å². The van der Waals surface area contributed by atoms with Crippen molar-refractivity contribution >= 4 is 8.07 Å². The third-order valence-corrected chi connectivity index (χ3v) is 4.71. The molecule has 0 amide bonds. The summed E-state index contributed by atoms with van der Waals surface area (Å²) in [5, 5.41) is 0. The summed E-state index contributed by atoms with van der Waals surface area (Å²) in [6, 6.07) is 0. The number of hydrogen-bond donors (Lipinski definition) is 1. The highest BCUT2D eigenvalue weighted by atomic mass is 31.1. The van der Waals surface area contributed by atoms with Gasteiger partial charge in [-0.3, -0.25) is 0 Å². The predicted octanol–water partition coefficient (Wildman–Crippen LogP) is 2.69. The third-order valence-electron chi connectivity index (χ3n) is 2.29. The van der Waals surface area contributed by atoms with Crippen molar-refractivity contribution in [2.75, 3.05) is 0 Å². The minimum Gasteiger partial charge on any atom is -0.309 e. The summed E-state index contributed by atoms with van der Waals surface area (Å²) in [6.45, 7) is 4.51. The van der Waals surface area contributed by atoms with Crippen LogP contribution in [0.3, 0.4) is 0 Å². The second-order valence-electron chi connectivity index (χ2n) is 3.16. The van der Waals surface area contributed by atoms with Gasteiger partial charge in [-0.05, 0) is 20.9 Å². The van der Waals surface area contributed by atoms with Crippen molar-refractivity contribution in [1.82, 2.24) is 0 Å². The summed E-state index contributed by atoms with van der Waals surface area (Å²) in [6.07, 6.45) is 5.40. The first-order chi connectivity index (χ1) is 4.81. The molecule has 1 aliphatic heterocycles. The largest absolute Gasteiger partial charge is 0.309 e. The van der Waals surface area contributed by atoms with Crippen LogP contribution in [0.15, 0.2) is 0 Å². The van der Waals surface area contributed by atoms with Crippen LogP contribution in [0.25, 0.3) is 0 Å². The Kier molecular flexibility index (Phi) is 3.13. The van der Waals surface area contributed by atoms with Gasteiger partial charge in [0, 0.05) is 11.3 Å². The summed E-state index contributed by atoms with van der Waals surface area (Å²) in [5.74, 6) is 0. The summed E-state index contributed by atoms with van der Waals surface area (Å²) < 4.78 is 0. The van der Waals surface area contributed by atoms with Gasteiger partial charge in [-0.1, -0.05) is 26.7 Å². The molecule has 60 valence electrons. The summed E-state index contributed by atoms with van der Waals surface area (Å²) in [7, 11) is -0.00900. The fourth-order valence-corrected chi connectivity index (χ4v) is 3.99. The summed E-state index contributed by atoms with van der Waals surface area (Å²) in [4.78, 5) is 0. The molecule has 0 aromatic heterocycles. The predicted molar refractivity (Wildman–Crippen MR) is 48.5 cm³/mol. The molecule has 0 aromatic rings. The number of hydrogen-bond acceptors (Lipinski definition) is 1. The van der Waals surface area contributed by atoms with Gasteiger partial charge in [-0.25, -0.2) is 0 Å². The maximum atomic E-state index is 5.95. The lowest BCUT2D eigenvalue weighted by Gasteiger charge is -1.91. The van der Waals surface area contributed by atoms with E-state index in [0.717, 1.165) is 11.3 Å². The molecule has 0 aromatic carbocycles. The Hall–Kier alpha value is 0.390. The van der Waals surface area contributed by atoms with Gasteiger partial charge in [0.2, 0.25) is 0 Å². The Morgan fingerprint density at radius 2 is 1.50 bits per heavy atom. The standard InChI is InChI=1S/C8H18NP/c1-3-5-7-8(6-4-2)10(7)9/h7-8H,3-6,9H2,1-2H3/t7-,8+,10?. The molecule has 0 saturated carbocycles. The van der Waals surface area contributed by atoms with Crippen molar-refractivity contribution < 1.29 is 0 Å².